The van der Waals surface area contributed by atoms with Crippen molar-refractivity contribution in [2.75, 3.05) is 45.2 Å². The second-order valence-electron chi connectivity index (χ2n) is 9.37. The van der Waals surface area contributed by atoms with E-state index in [9.17, 15) is 9.90 Å². The molecule has 1 aromatic heterocycles. The lowest BCUT2D eigenvalue weighted by atomic mass is 9.96. The molecule has 2 aliphatic rings. The molecule has 2 aliphatic heterocycles. The van der Waals surface area contributed by atoms with Gasteiger partial charge in [-0.2, -0.15) is 0 Å². The Labute approximate surface area is 205 Å². The number of hydrogen-bond donors (Lipinski definition) is 3. The molecule has 0 aliphatic carbocycles. The minimum Gasteiger partial charge on any atom is -0.497 e. The number of piperidine rings is 1. The SMILES string of the molecule is COc1ccc2nccc(C(O)CN3CCC[C@@H](CNCc4ccc5c(c4)NC(=O)CO5)C3)c2c1. The number of hydrogen-bond acceptors (Lipinski definition) is 7. The minimum absolute atomic E-state index is 0.0725. The van der Waals surface area contributed by atoms with Gasteiger partial charge in [0.25, 0.3) is 5.91 Å². The van der Waals surface area contributed by atoms with Crippen molar-refractivity contribution >= 4 is 22.5 Å². The van der Waals surface area contributed by atoms with Crippen LogP contribution in [0.1, 0.15) is 30.1 Å². The van der Waals surface area contributed by atoms with Gasteiger partial charge in [0.15, 0.2) is 6.61 Å². The van der Waals surface area contributed by atoms with Crippen LogP contribution in [0, 0.1) is 5.92 Å². The van der Waals surface area contributed by atoms with Gasteiger partial charge in [-0.05, 0) is 79.4 Å². The summed E-state index contributed by atoms with van der Waals surface area (Å²) in [7, 11) is 1.65. The van der Waals surface area contributed by atoms with Crippen LogP contribution in [-0.2, 0) is 11.3 Å². The fourth-order valence-electron chi connectivity index (χ4n) is 5.05. The van der Waals surface area contributed by atoms with Crippen LogP contribution in [0.25, 0.3) is 10.9 Å². The van der Waals surface area contributed by atoms with Gasteiger partial charge in [-0.3, -0.25) is 9.78 Å². The Hall–Kier alpha value is -3.20. The van der Waals surface area contributed by atoms with Crippen LogP contribution in [0.3, 0.4) is 0 Å². The van der Waals surface area contributed by atoms with Gasteiger partial charge in [-0.15, -0.1) is 0 Å². The average Bonchev–Trinajstić information content (AvgIpc) is 2.88. The summed E-state index contributed by atoms with van der Waals surface area (Å²) in [6.45, 7) is 4.24. The highest BCUT2D eigenvalue weighted by Crippen LogP contribution is 2.29. The largest absolute Gasteiger partial charge is 0.497 e. The smallest absolute Gasteiger partial charge is 0.262 e. The van der Waals surface area contributed by atoms with E-state index in [1.807, 2.05) is 42.5 Å². The molecule has 184 valence electrons. The maximum absolute atomic E-state index is 11.6. The third kappa shape index (κ3) is 5.56. The summed E-state index contributed by atoms with van der Waals surface area (Å²) in [5, 5.41) is 18.5. The lowest BCUT2D eigenvalue weighted by Crippen LogP contribution is -2.41. The van der Waals surface area contributed by atoms with Gasteiger partial charge in [0.2, 0.25) is 0 Å². The van der Waals surface area contributed by atoms with Crippen molar-refractivity contribution < 1.29 is 19.4 Å². The normalized spacial score (nSPS) is 19.0. The molecular formula is C27H32N4O4. The van der Waals surface area contributed by atoms with Gasteiger partial charge < -0.3 is 30.1 Å². The number of carbonyl (C=O) groups is 1. The Morgan fingerprint density at radius 3 is 3.09 bits per heavy atom. The molecule has 8 heteroatoms. The van der Waals surface area contributed by atoms with Crippen LogP contribution < -0.4 is 20.1 Å². The number of benzene rings is 2. The Balaban J connectivity index is 1.15. The average molecular weight is 477 g/mol. The quantitative estimate of drug-likeness (QED) is 0.460. The number of anilines is 1. The van der Waals surface area contributed by atoms with Crippen molar-refractivity contribution in [3.8, 4) is 11.5 Å². The molecule has 1 unspecified atom stereocenters. The molecular weight excluding hydrogens is 444 g/mol. The highest BCUT2D eigenvalue weighted by molar-refractivity contribution is 5.95. The molecule has 3 N–H and O–H groups in total. The number of methoxy groups -OCH3 is 1. The molecule has 1 amide bonds. The summed E-state index contributed by atoms with van der Waals surface area (Å²) in [6, 6.07) is 13.6. The van der Waals surface area contributed by atoms with Gasteiger partial charge in [0.1, 0.15) is 11.5 Å². The number of aliphatic hydroxyl groups excluding tert-OH is 1. The van der Waals surface area contributed by atoms with E-state index < -0.39 is 6.10 Å². The molecule has 2 aromatic carbocycles. The first-order valence-electron chi connectivity index (χ1n) is 12.2. The number of ether oxygens (including phenoxy) is 2. The maximum atomic E-state index is 11.6. The van der Waals surface area contributed by atoms with Crippen molar-refractivity contribution in [1.29, 1.82) is 0 Å². The number of nitrogens with zero attached hydrogens (tertiary/aromatic N) is 2. The number of pyridine rings is 1. The third-order valence-electron chi connectivity index (χ3n) is 6.81. The Bertz CT molecular complexity index is 1200. The molecule has 1 saturated heterocycles. The standard InChI is InChI=1S/C27H32N4O4/c1-34-20-5-6-23-22(12-20)21(8-9-29-23)25(32)16-31-10-2-3-19(15-31)14-28-13-18-4-7-26-24(11-18)30-27(33)17-35-26/h4-9,11-12,19,25,28,32H,2-3,10,13-17H2,1H3,(H,30,33)/t19-,25?/m0/s1. The van der Waals surface area contributed by atoms with Crippen LogP contribution in [0.5, 0.6) is 11.5 Å². The molecule has 0 saturated carbocycles. The van der Waals surface area contributed by atoms with E-state index in [1.54, 1.807) is 13.3 Å². The van der Waals surface area contributed by atoms with Gasteiger partial charge in [0, 0.05) is 31.2 Å². The lowest BCUT2D eigenvalue weighted by Gasteiger charge is -2.34. The number of carbonyl (C=O) groups excluding carboxylic acids is 1. The molecule has 0 radical (unpaired) electrons. The topological polar surface area (TPSA) is 96.0 Å². The summed E-state index contributed by atoms with van der Waals surface area (Å²) in [5.41, 5.74) is 3.59. The summed E-state index contributed by atoms with van der Waals surface area (Å²) in [5.74, 6) is 1.88. The molecule has 5 rings (SSSR count). The zero-order valence-electron chi connectivity index (χ0n) is 20.0. The van der Waals surface area contributed by atoms with Crippen molar-refractivity contribution in [3.05, 3.63) is 59.8 Å². The van der Waals surface area contributed by atoms with Crippen molar-refractivity contribution in [3.63, 3.8) is 0 Å². The predicted octanol–water partition coefficient (Wildman–Crippen LogP) is 3.11. The number of likely N-dealkylation sites (tertiary alicyclic amines) is 1. The summed E-state index contributed by atoms with van der Waals surface area (Å²) in [4.78, 5) is 18.4. The summed E-state index contributed by atoms with van der Waals surface area (Å²) in [6.07, 6.45) is 3.45. The molecule has 35 heavy (non-hydrogen) atoms. The summed E-state index contributed by atoms with van der Waals surface area (Å²) < 4.78 is 10.8. The first kappa shape index (κ1) is 23.5. The molecule has 0 bridgehead atoms. The lowest BCUT2D eigenvalue weighted by molar-refractivity contribution is -0.118. The zero-order valence-corrected chi connectivity index (χ0v) is 20.0. The highest BCUT2D eigenvalue weighted by Gasteiger charge is 2.23. The van der Waals surface area contributed by atoms with E-state index in [4.69, 9.17) is 9.47 Å². The van der Waals surface area contributed by atoms with Crippen LogP contribution in [0.15, 0.2) is 48.7 Å². The van der Waals surface area contributed by atoms with Crippen molar-refractivity contribution in [2.24, 2.45) is 5.92 Å². The number of aromatic nitrogens is 1. The number of fused-ring (bicyclic) bond motifs is 2. The van der Waals surface area contributed by atoms with E-state index in [0.717, 1.165) is 71.8 Å². The van der Waals surface area contributed by atoms with Crippen LogP contribution in [-0.4, -0.2) is 60.8 Å². The second-order valence-corrected chi connectivity index (χ2v) is 9.37. The third-order valence-corrected chi connectivity index (χ3v) is 6.81. The monoisotopic (exact) mass is 476 g/mol. The van der Waals surface area contributed by atoms with E-state index in [1.165, 1.54) is 6.42 Å². The van der Waals surface area contributed by atoms with Gasteiger partial charge in [-0.25, -0.2) is 0 Å². The number of β-amino-alcohol motifs (C(OH)–C–C–N with tert-alkyl or cyclic N) is 1. The molecule has 3 aromatic rings. The zero-order chi connectivity index (χ0) is 24.2. The van der Waals surface area contributed by atoms with E-state index in [2.05, 4.69) is 20.5 Å². The summed E-state index contributed by atoms with van der Waals surface area (Å²) >= 11 is 0. The highest BCUT2D eigenvalue weighted by atomic mass is 16.5. The first-order chi connectivity index (χ1) is 17.1. The van der Waals surface area contributed by atoms with Crippen molar-refractivity contribution in [2.45, 2.75) is 25.5 Å². The Kier molecular flexibility index (Phi) is 7.13. The van der Waals surface area contributed by atoms with E-state index in [0.29, 0.717) is 12.5 Å². The van der Waals surface area contributed by atoms with Crippen LogP contribution in [0.2, 0.25) is 0 Å². The van der Waals surface area contributed by atoms with Crippen LogP contribution in [0.4, 0.5) is 5.69 Å². The van der Waals surface area contributed by atoms with E-state index in [-0.39, 0.29) is 12.5 Å². The van der Waals surface area contributed by atoms with Gasteiger partial charge >= 0.3 is 0 Å². The van der Waals surface area contributed by atoms with Crippen LogP contribution >= 0.6 is 0 Å². The molecule has 0 spiro atoms. The predicted molar refractivity (Wildman–Crippen MR) is 135 cm³/mol. The fraction of sp³-hybridized carbons (Fsp3) is 0.407. The van der Waals surface area contributed by atoms with E-state index >= 15 is 0 Å². The Morgan fingerprint density at radius 2 is 2.20 bits per heavy atom. The van der Waals surface area contributed by atoms with Gasteiger partial charge in [-0.1, -0.05) is 6.07 Å². The molecule has 8 nitrogen and oxygen atoms in total. The number of nitrogens with one attached hydrogen (secondary N) is 2. The molecule has 3 heterocycles. The second kappa shape index (κ2) is 10.6. The number of aliphatic hydroxyl groups is 1. The number of rotatable bonds is 8. The van der Waals surface area contributed by atoms with Crippen molar-refractivity contribution in [1.82, 2.24) is 15.2 Å². The number of amides is 1. The molecule has 1 fully saturated rings. The minimum atomic E-state index is -0.591. The Morgan fingerprint density at radius 1 is 1.29 bits per heavy atom. The maximum Gasteiger partial charge on any atom is 0.262 e. The van der Waals surface area contributed by atoms with Gasteiger partial charge in [0.05, 0.1) is 24.4 Å². The fourth-order valence-corrected chi connectivity index (χ4v) is 5.05. The molecule has 2 atom stereocenters. The first-order valence-corrected chi connectivity index (χ1v) is 12.2.